The van der Waals surface area contributed by atoms with Crippen LogP contribution in [-0.2, 0) is 10.2 Å². The van der Waals surface area contributed by atoms with E-state index in [9.17, 15) is 4.79 Å². The number of aliphatic hydroxyl groups is 1. The minimum Gasteiger partial charge on any atom is -0.444 e. The number of amides is 1. The third-order valence-electron chi connectivity index (χ3n) is 6.02. The first-order chi connectivity index (χ1) is 14.2. The average molecular weight is 434 g/mol. The molecule has 1 saturated heterocycles. The number of piperidine rings is 1. The Hall–Kier alpha value is -1.92. The standard InChI is InChI=1S/C23H32ClN3O3/c1-22(2,3)30-21(29)27-13-9-16(15-26-12-14-28)19(25)20(27)23(10-4-11-23)17-5-7-18(24)8-6-17/h5-8,15-16,20,25,28H,4,9-14H2,1-3H3. The Bertz CT molecular complexity index is 797. The summed E-state index contributed by atoms with van der Waals surface area (Å²) in [7, 11) is 0. The first-order valence-corrected chi connectivity index (χ1v) is 11.0. The molecule has 30 heavy (non-hydrogen) atoms. The molecule has 3 rings (SSSR count). The molecule has 1 aromatic carbocycles. The van der Waals surface area contributed by atoms with Gasteiger partial charge in [-0.1, -0.05) is 30.2 Å². The van der Waals surface area contributed by atoms with Crippen molar-refractivity contribution in [1.29, 1.82) is 5.41 Å². The molecule has 2 aliphatic rings. The van der Waals surface area contributed by atoms with Gasteiger partial charge in [0.2, 0.25) is 0 Å². The zero-order valence-corrected chi connectivity index (χ0v) is 18.8. The van der Waals surface area contributed by atoms with Crippen molar-refractivity contribution in [2.24, 2.45) is 10.9 Å². The molecule has 1 heterocycles. The van der Waals surface area contributed by atoms with E-state index in [0.29, 0.717) is 30.2 Å². The van der Waals surface area contributed by atoms with Crippen molar-refractivity contribution in [3.05, 3.63) is 34.9 Å². The fraction of sp³-hybridized carbons (Fsp3) is 0.609. The molecule has 164 valence electrons. The summed E-state index contributed by atoms with van der Waals surface area (Å²) in [5.41, 5.74) is 0.677. The second-order valence-electron chi connectivity index (χ2n) is 9.22. The topological polar surface area (TPSA) is 86.0 Å². The van der Waals surface area contributed by atoms with Crippen LogP contribution in [0.1, 0.15) is 52.0 Å². The van der Waals surface area contributed by atoms with E-state index in [-0.39, 0.29) is 30.1 Å². The number of hydrogen-bond acceptors (Lipinski definition) is 5. The fourth-order valence-electron chi connectivity index (χ4n) is 4.52. The summed E-state index contributed by atoms with van der Waals surface area (Å²) in [5.74, 6) is -0.148. The number of benzene rings is 1. The summed E-state index contributed by atoms with van der Waals surface area (Å²) in [6.45, 7) is 6.39. The van der Waals surface area contributed by atoms with Gasteiger partial charge in [0.1, 0.15) is 5.60 Å². The van der Waals surface area contributed by atoms with E-state index in [1.807, 2.05) is 45.0 Å². The van der Waals surface area contributed by atoms with Gasteiger partial charge >= 0.3 is 6.09 Å². The number of hydrogen-bond donors (Lipinski definition) is 2. The Balaban J connectivity index is 1.98. The predicted molar refractivity (Wildman–Crippen MR) is 120 cm³/mol. The third-order valence-corrected chi connectivity index (χ3v) is 6.27. The second-order valence-corrected chi connectivity index (χ2v) is 9.66. The number of aliphatic imine (C=N–C) groups is 1. The Morgan fingerprint density at radius 3 is 2.57 bits per heavy atom. The van der Waals surface area contributed by atoms with Crippen LogP contribution in [0, 0.1) is 11.3 Å². The molecule has 1 aliphatic carbocycles. The first-order valence-electron chi connectivity index (χ1n) is 10.6. The molecule has 2 fully saturated rings. The van der Waals surface area contributed by atoms with Gasteiger partial charge in [-0.05, 0) is 57.7 Å². The van der Waals surface area contributed by atoms with Crippen LogP contribution in [0.25, 0.3) is 0 Å². The number of rotatable bonds is 5. The fourth-order valence-corrected chi connectivity index (χ4v) is 4.65. The van der Waals surface area contributed by atoms with Gasteiger partial charge in [0, 0.05) is 34.8 Å². The van der Waals surface area contributed by atoms with Gasteiger partial charge in [0.05, 0.1) is 19.2 Å². The van der Waals surface area contributed by atoms with Gasteiger partial charge in [-0.2, -0.15) is 0 Å². The van der Waals surface area contributed by atoms with Crippen LogP contribution in [-0.4, -0.2) is 59.4 Å². The van der Waals surface area contributed by atoms with Gasteiger partial charge in [0.25, 0.3) is 0 Å². The van der Waals surface area contributed by atoms with Crippen LogP contribution < -0.4 is 0 Å². The Labute approximate surface area is 183 Å². The highest BCUT2D eigenvalue weighted by molar-refractivity contribution is 6.30. The molecule has 2 atom stereocenters. The largest absolute Gasteiger partial charge is 0.444 e. The van der Waals surface area contributed by atoms with Crippen LogP contribution in [0.15, 0.2) is 29.3 Å². The lowest BCUT2D eigenvalue weighted by atomic mass is 9.57. The van der Waals surface area contributed by atoms with Crippen molar-refractivity contribution in [2.75, 3.05) is 19.7 Å². The van der Waals surface area contributed by atoms with E-state index in [0.717, 1.165) is 24.8 Å². The van der Waals surface area contributed by atoms with Crippen LogP contribution >= 0.6 is 11.6 Å². The summed E-state index contributed by atoms with van der Waals surface area (Å²) in [4.78, 5) is 19.1. The van der Waals surface area contributed by atoms with Gasteiger partial charge in [-0.3, -0.25) is 9.89 Å². The number of aliphatic hydroxyl groups excluding tert-OH is 1. The molecular weight excluding hydrogens is 402 g/mol. The predicted octanol–water partition coefficient (Wildman–Crippen LogP) is 4.47. The van der Waals surface area contributed by atoms with E-state index in [4.69, 9.17) is 26.9 Å². The minimum atomic E-state index is -0.601. The van der Waals surface area contributed by atoms with E-state index in [2.05, 4.69) is 4.99 Å². The maximum atomic E-state index is 13.1. The molecule has 1 amide bonds. The second kappa shape index (κ2) is 9.06. The third kappa shape index (κ3) is 4.70. The molecule has 2 unspecified atom stereocenters. The first kappa shape index (κ1) is 22.8. The minimum absolute atomic E-state index is 0.0152. The van der Waals surface area contributed by atoms with Crippen LogP contribution in [0.3, 0.4) is 0 Å². The van der Waals surface area contributed by atoms with Gasteiger partial charge < -0.3 is 15.3 Å². The summed E-state index contributed by atoms with van der Waals surface area (Å²) in [6.07, 6.45) is 4.89. The van der Waals surface area contributed by atoms with Gasteiger partial charge in [-0.15, -0.1) is 0 Å². The Kier molecular flexibility index (Phi) is 6.88. The van der Waals surface area contributed by atoms with E-state index in [1.54, 1.807) is 11.1 Å². The molecule has 7 heteroatoms. The molecule has 1 saturated carbocycles. The zero-order chi connectivity index (χ0) is 21.9. The van der Waals surface area contributed by atoms with Crippen molar-refractivity contribution >= 4 is 29.6 Å². The molecule has 2 N–H and O–H groups in total. The van der Waals surface area contributed by atoms with Crippen molar-refractivity contribution in [3.63, 3.8) is 0 Å². The highest BCUT2D eigenvalue weighted by Crippen LogP contribution is 2.50. The Morgan fingerprint density at radius 1 is 1.37 bits per heavy atom. The molecule has 1 aromatic rings. The monoisotopic (exact) mass is 433 g/mol. The molecule has 0 aromatic heterocycles. The summed E-state index contributed by atoms with van der Waals surface area (Å²) in [5, 5.41) is 18.8. The smallest absolute Gasteiger partial charge is 0.410 e. The van der Waals surface area contributed by atoms with E-state index < -0.39 is 5.60 Å². The van der Waals surface area contributed by atoms with Gasteiger partial charge in [-0.25, -0.2) is 4.79 Å². The number of nitrogens with one attached hydrogen (secondary N) is 1. The molecule has 0 bridgehead atoms. The van der Waals surface area contributed by atoms with Crippen molar-refractivity contribution in [3.8, 4) is 0 Å². The lowest BCUT2D eigenvalue weighted by molar-refractivity contribution is 0.00330. The number of nitrogens with zero attached hydrogens (tertiary/aromatic N) is 2. The van der Waals surface area contributed by atoms with E-state index in [1.165, 1.54) is 0 Å². The number of carbonyl (C=O) groups is 1. The lowest BCUT2D eigenvalue weighted by Crippen LogP contribution is -2.64. The van der Waals surface area contributed by atoms with Crippen molar-refractivity contribution in [2.45, 2.75) is 63.5 Å². The van der Waals surface area contributed by atoms with Crippen molar-refractivity contribution < 1.29 is 14.6 Å². The van der Waals surface area contributed by atoms with Crippen LogP contribution in [0.4, 0.5) is 4.79 Å². The SMILES string of the molecule is CC(C)(C)OC(=O)N1CCC(C=NCCO)C(=N)C1C1(c2ccc(Cl)cc2)CCC1. The normalized spacial score (nSPS) is 24.0. The maximum Gasteiger partial charge on any atom is 0.410 e. The molecule has 1 aliphatic heterocycles. The zero-order valence-electron chi connectivity index (χ0n) is 18.0. The highest BCUT2D eigenvalue weighted by atomic mass is 35.5. The number of carbonyl (C=O) groups excluding carboxylic acids is 1. The lowest BCUT2D eigenvalue weighted by Gasteiger charge is -2.54. The summed E-state index contributed by atoms with van der Waals surface area (Å²) < 4.78 is 5.71. The number of halogens is 1. The van der Waals surface area contributed by atoms with E-state index >= 15 is 0 Å². The maximum absolute atomic E-state index is 13.1. The van der Waals surface area contributed by atoms with Crippen LogP contribution in [0.2, 0.25) is 5.02 Å². The Morgan fingerprint density at radius 2 is 2.03 bits per heavy atom. The quantitative estimate of drug-likeness (QED) is 0.671. The molecular formula is C23H32ClN3O3. The molecule has 6 nitrogen and oxygen atoms in total. The average Bonchev–Trinajstić information content (AvgIpc) is 2.63. The summed E-state index contributed by atoms with van der Waals surface area (Å²) in [6, 6.07) is 7.40. The molecule has 0 spiro atoms. The van der Waals surface area contributed by atoms with Crippen LogP contribution in [0.5, 0.6) is 0 Å². The van der Waals surface area contributed by atoms with Crippen molar-refractivity contribution in [1.82, 2.24) is 4.90 Å². The number of likely N-dealkylation sites (tertiary alicyclic amines) is 1. The highest BCUT2D eigenvalue weighted by Gasteiger charge is 2.54. The number of ether oxygens (including phenoxy) is 1. The molecule has 0 radical (unpaired) electrons. The van der Waals surface area contributed by atoms with Gasteiger partial charge in [0.15, 0.2) is 0 Å². The summed E-state index contributed by atoms with van der Waals surface area (Å²) >= 11 is 6.12.